The van der Waals surface area contributed by atoms with Crippen LogP contribution in [0.4, 0.5) is 17.6 Å². The Morgan fingerprint density at radius 2 is 1.61 bits per heavy atom. The lowest BCUT2D eigenvalue weighted by Gasteiger charge is -2.21. The van der Waals surface area contributed by atoms with Crippen molar-refractivity contribution in [3.8, 4) is 28.0 Å². The fraction of sp³-hybridized carbons (Fsp3) is 0.312. The fourth-order valence-electron chi connectivity index (χ4n) is 4.32. The minimum absolute atomic E-state index is 0.0504. The van der Waals surface area contributed by atoms with Gasteiger partial charge in [-0.15, -0.1) is 0 Å². The highest BCUT2D eigenvalue weighted by atomic mass is 19.4. The quantitative estimate of drug-likeness (QED) is 0.0904. The predicted octanol–water partition coefficient (Wildman–Crippen LogP) is 8.87. The van der Waals surface area contributed by atoms with Crippen LogP contribution < -0.4 is 4.74 Å². The molecule has 0 saturated carbocycles. The Morgan fingerprint density at radius 1 is 0.927 bits per heavy atom. The Bertz CT molecular complexity index is 1350. The van der Waals surface area contributed by atoms with Crippen LogP contribution >= 0.6 is 0 Å². The Morgan fingerprint density at radius 3 is 2.22 bits per heavy atom. The Hall–Kier alpha value is -4.14. The first-order chi connectivity index (χ1) is 19.5. The number of hydrogen-bond acceptors (Lipinski definition) is 4. The van der Waals surface area contributed by atoms with Crippen molar-refractivity contribution in [2.45, 2.75) is 57.7 Å². The van der Waals surface area contributed by atoms with E-state index in [2.05, 4.69) is 6.58 Å². The zero-order chi connectivity index (χ0) is 30.0. The first-order valence-electron chi connectivity index (χ1n) is 13.3. The van der Waals surface area contributed by atoms with E-state index in [0.29, 0.717) is 35.5 Å². The standard InChI is InChI=1S/C32H32F4O5/c1-3-5-6-7-8-9-29(32(34,35)36)41-31(39)26-17-12-22(20-28(26)33)27-19-23(30(37)38)13-16-25(27)21-10-14-24(15-11-21)40-18-4-2/h4,10-17,19-20,29H,2-3,5-9,18H2,1H3,(H,37,38). The summed E-state index contributed by atoms with van der Waals surface area (Å²) in [7, 11) is 0. The highest BCUT2D eigenvalue weighted by Gasteiger charge is 2.42. The van der Waals surface area contributed by atoms with E-state index in [1.807, 2.05) is 6.92 Å². The van der Waals surface area contributed by atoms with Crippen molar-refractivity contribution in [2.75, 3.05) is 6.61 Å². The molecule has 3 aromatic carbocycles. The number of ether oxygens (including phenoxy) is 2. The van der Waals surface area contributed by atoms with Gasteiger partial charge in [-0.1, -0.05) is 69.5 Å². The summed E-state index contributed by atoms with van der Waals surface area (Å²) in [6, 6.07) is 14.7. The van der Waals surface area contributed by atoms with E-state index < -0.39 is 42.0 Å². The maximum absolute atomic E-state index is 15.2. The van der Waals surface area contributed by atoms with Gasteiger partial charge in [-0.2, -0.15) is 13.2 Å². The van der Waals surface area contributed by atoms with Gasteiger partial charge in [0.25, 0.3) is 0 Å². The number of carbonyl (C=O) groups excluding carboxylic acids is 1. The summed E-state index contributed by atoms with van der Waals surface area (Å²) in [5.41, 5.74) is 1.13. The third kappa shape index (κ3) is 8.67. The first-order valence-corrected chi connectivity index (χ1v) is 13.3. The van der Waals surface area contributed by atoms with Crippen LogP contribution in [0, 0.1) is 5.82 Å². The molecule has 0 aromatic heterocycles. The number of aromatic carboxylic acids is 1. The zero-order valence-corrected chi connectivity index (χ0v) is 22.7. The van der Waals surface area contributed by atoms with Gasteiger partial charge in [0.15, 0.2) is 6.10 Å². The predicted molar refractivity (Wildman–Crippen MR) is 149 cm³/mol. The van der Waals surface area contributed by atoms with Gasteiger partial charge in [0.1, 0.15) is 18.2 Å². The van der Waals surface area contributed by atoms with Crippen molar-refractivity contribution in [3.63, 3.8) is 0 Å². The second-order valence-corrected chi connectivity index (χ2v) is 9.52. The second kappa shape index (κ2) is 14.5. The number of carbonyl (C=O) groups is 2. The van der Waals surface area contributed by atoms with Gasteiger partial charge in [-0.25, -0.2) is 14.0 Å². The zero-order valence-electron chi connectivity index (χ0n) is 22.7. The first kappa shape index (κ1) is 31.4. The number of esters is 1. The Kier molecular flexibility index (Phi) is 11.1. The van der Waals surface area contributed by atoms with E-state index >= 15 is 4.39 Å². The van der Waals surface area contributed by atoms with Crippen LogP contribution in [0.25, 0.3) is 22.3 Å². The third-order valence-electron chi connectivity index (χ3n) is 6.48. The lowest BCUT2D eigenvalue weighted by Crippen LogP contribution is -2.34. The van der Waals surface area contributed by atoms with E-state index in [-0.39, 0.29) is 17.5 Å². The average Bonchev–Trinajstić information content (AvgIpc) is 2.94. The molecular weight excluding hydrogens is 540 g/mol. The molecule has 5 nitrogen and oxygen atoms in total. The molecule has 1 N–H and O–H groups in total. The van der Waals surface area contributed by atoms with Crippen molar-refractivity contribution in [2.24, 2.45) is 0 Å². The molecule has 218 valence electrons. The number of alkyl halides is 3. The molecule has 0 heterocycles. The van der Waals surface area contributed by atoms with Gasteiger partial charge in [0.05, 0.1) is 11.1 Å². The number of carboxylic acids is 1. The normalized spacial score (nSPS) is 12.0. The summed E-state index contributed by atoms with van der Waals surface area (Å²) in [5, 5.41) is 9.51. The van der Waals surface area contributed by atoms with Gasteiger partial charge < -0.3 is 14.6 Å². The average molecular weight is 573 g/mol. The van der Waals surface area contributed by atoms with Crippen LogP contribution in [0.2, 0.25) is 0 Å². The largest absolute Gasteiger partial charge is 0.490 e. The number of rotatable bonds is 14. The highest BCUT2D eigenvalue weighted by Crippen LogP contribution is 2.35. The minimum atomic E-state index is -4.78. The van der Waals surface area contributed by atoms with E-state index in [0.717, 1.165) is 31.4 Å². The molecule has 0 amide bonds. The Labute approximate surface area is 236 Å². The number of halogens is 4. The van der Waals surface area contributed by atoms with Crippen molar-refractivity contribution in [1.82, 2.24) is 0 Å². The van der Waals surface area contributed by atoms with Crippen LogP contribution in [0.3, 0.4) is 0 Å². The smallest absolute Gasteiger partial charge is 0.425 e. The molecule has 0 aliphatic heterocycles. The molecular formula is C32H32F4O5. The van der Waals surface area contributed by atoms with Crippen LogP contribution in [0.15, 0.2) is 73.3 Å². The van der Waals surface area contributed by atoms with E-state index in [4.69, 9.17) is 9.47 Å². The van der Waals surface area contributed by atoms with E-state index in [1.54, 1.807) is 36.4 Å². The maximum Gasteiger partial charge on any atom is 0.425 e. The van der Waals surface area contributed by atoms with E-state index in [9.17, 15) is 27.9 Å². The molecule has 1 atom stereocenters. The summed E-state index contributed by atoms with van der Waals surface area (Å²) in [4.78, 5) is 24.2. The monoisotopic (exact) mass is 572 g/mol. The molecule has 0 bridgehead atoms. The fourth-order valence-corrected chi connectivity index (χ4v) is 4.32. The SMILES string of the molecule is C=CCOc1ccc(-c2ccc(C(=O)O)cc2-c2ccc(C(=O)OC(CCCCCCC)C(F)(F)F)c(F)c2)cc1. The molecule has 0 aliphatic carbocycles. The summed E-state index contributed by atoms with van der Waals surface area (Å²) in [6.45, 7) is 5.90. The number of benzene rings is 3. The molecule has 0 saturated heterocycles. The van der Waals surface area contributed by atoms with Gasteiger partial charge in [0, 0.05) is 0 Å². The molecule has 0 fully saturated rings. The molecule has 41 heavy (non-hydrogen) atoms. The number of unbranched alkanes of at least 4 members (excludes halogenated alkanes) is 4. The number of carboxylic acid groups (broad SMARTS) is 1. The molecule has 1 unspecified atom stereocenters. The van der Waals surface area contributed by atoms with Crippen molar-refractivity contribution >= 4 is 11.9 Å². The molecule has 3 aromatic rings. The van der Waals surface area contributed by atoms with Gasteiger partial charge in [0.2, 0.25) is 0 Å². The van der Waals surface area contributed by atoms with Crippen LogP contribution in [0.5, 0.6) is 5.75 Å². The summed E-state index contributed by atoms with van der Waals surface area (Å²) in [6.07, 6.45) is -2.50. The molecule has 0 spiro atoms. The third-order valence-corrected chi connectivity index (χ3v) is 6.48. The lowest BCUT2D eigenvalue weighted by molar-refractivity contribution is -0.206. The van der Waals surface area contributed by atoms with Gasteiger partial charge in [-0.3, -0.25) is 0 Å². The Balaban J connectivity index is 1.89. The minimum Gasteiger partial charge on any atom is -0.490 e. The van der Waals surface area contributed by atoms with E-state index in [1.165, 1.54) is 18.2 Å². The topological polar surface area (TPSA) is 72.8 Å². The molecule has 0 aliphatic rings. The van der Waals surface area contributed by atoms with Crippen molar-refractivity contribution in [3.05, 3.63) is 90.3 Å². The lowest BCUT2D eigenvalue weighted by atomic mass is 9.92. The van der Waals surface area contributed by atoms with Gasteiger partial charge >= 0.3 is 18.1 Å². The summed E-state index contributed by atoms with van der Waals surface area (Å²) < 4.78 is 65.9. The number of hydrogen-bond donors (Lipinski definition) is 1. The summed E-state index contributed by atoms with van der Waals surface area (Å²) in [5.74, 6) is -3.11. The second-order valence-electron chi connectivity index (χ2n) is 9.52. The van der Waals surface area contributed by atoms with Crippen LogP contribution in [-0.4, -0.2) is 35.9 Å². The van der Waals surface area contributed by atoms with Gasteiger partial charge in [-0.05, 0) is 71.5 Å². The van der Waals surface area contributed by atoms with Crippen LogP contribution in [-0.2, 0) is 4.74 Å². The van der Waals surface area contributed by atoms with Crippen molar-refractivity contribution in [1.29, 1.82) is 0 Å². The van der Waals surface area contributed by atoms with Crippen LogP contribution in [0.1, 0.15) is 66.2 Å². The molecule has 9 heteroatoms. The summed E-state index contributed by atoms with van der Waals surface area (Å²) >= 11 is 0. The highest BCUT2D eigenvalue weighted by molar-refractivity contribution is 5.95. The maximum atomic E-state index is 15.2. The molecule has 0 radical (unpaired) electrons. The molecule has 3 rings (SSSR count). The van der Waals surface area contributed by atoms with Crippen molar-refractivity contribution < 1.29 is 41.7 Å².